The van der Waals surface area contributed by atoms with E-state index in [9.17, 15) is 4.79 Å². The first-order chi connectivity index (χ1) is 4.70. The average Bonchev–Trinajstić information content (AvgIpc) is 1.88. The molecule has 1 rings (SSSR count). The third-order valence-electron chi connectivity index (χ3n) is 1.16. The molecule has 1 aromatic carbocycles. The Morgan fingerprint density at radius 3 is 2.09 bits per heavy atom. The summed E-state index contributed by atoms with van der Waals surface area (Å²) in [5.74, 6) is -0.931. The van der Waals surface area contributed by atoms with E-state index in [-0.39, 0.29) is 43.3 Å². The van der Waals surface area contributed by atoms with E-state index in [0.717, 1.165) is 0 Å². The first-order valence-electron chi connectivity index (χ1n) is 2.79. The number of anilines is 1. The van der Waals surface area contributed by atoms with Gasteiger partial charge in [-0.2, -0.15) is 0 Å². The van der Waals surface area contributed by atoms with Crippen molar-refractivity contribution in [2.75, 3.05) is 5.73 Å². The van der Waals surface area contributed by atoms with Gasteiger partial charge >= 0.3 is 43.7 Å². The fourth-order valence-electron chi connectivity index (χ4n) is 0.626. The Bertz CT molecular complexity index is 245. The summed E-state index contributed by atoms with van der Waals surface area (Å²) in [6.45, 7) is 0. The monoisotopic (exact) mass is 179 g/mol. The van der Waals surface area contributed by atoms with Crippen LogP contribution in [-0.2, 0) is 0 Å². The predicted octanol–water partition coefficient (Wildman–Crippen LogP) is 0.0508. The van der Waals surface area contributed by atoms with Crippen LogP contribution in [0.5, 0.6) is 0 Å². The molecule has 0 aromatic heterocycles. The summed E-state index contributed by atoms with van der Waals surface area (Å²) in [6.07, 6.45) is 0. The van der Waals surface area contributed by atoms with Crippen LogP contribution in [0.25, 0.3) is 0 Å². The van der Waals surface area contributed by atoms with Crippen LogP contribution in [0.4, 0.5) is 5.69 Å². The van der Waals surface area contributed by atoms with Gasteiger partial charge in [0, 0.05) is 5.69 Å². The van der Waals surface area contributed by atoms with Gasteiger partial charge in [-0.15, -0.1) is 0 Å². The van der Waals surface area contributed by atoms with Gasteiger partial charge in [0.2, 0.25) is 0 Å². The second-order valence-corrected chi connectivity index (χ2v) is 1.93. The van der Waals surface area contributed by atoms with E-state index < -0.39 is 5.97 Å². The van der Waals surface area contributed by atoms with Crippen LogP contribution >= 0.6 is 0 Å². The summed E-state index contributed by atoms with van der Waals surface area (Å²) in [4.78, 5) is 10.3. The summed E-state index contributed by atoms with van der Waals surface area (Å²) < 4.78 is 0. The standard InChI is InChI=1S/C7H7NO2.Ca.2H/c8-6-3-1-5(2-4-6)7(9)10;;;/h1-4H,8H2,(H,9,10);;;. The molecule has 0 aliphatic heterocycles. The molecular formula is C7H9CaNO2. The molecule has 0 amide bonds. The van der Waals surface area contributed by atoms with Gasteiger partial charge in [-0.1, -0.05) is 0 Å². The molecule has 0 radical (unpaired) electrons. The molecule has 0 aliphatic rings. The minimum atomic E-state index is -0.931. The van der Waals surface area contributed by atoms with E-state index in [1.54, 1.807) is 12.1 Å². The molecule has 0 saturated heterocycles. The number of nitrogens with two attached hydrogens (primary N) is 1. The summed E-state index contributed by atoms with van der Waals surface area (Å²) >= 11 is 0. The molecule has 3 N–H and O–H groups in total. The van der Waals surface area contributed by atoms with Crippen molar-refractivity contribution in [3.63, 3.8) is 0 Å². The second-order valence-electron chi connectivity index (χ2n) is 1.93. The van der Waals surface area contributed by atoms with Crippen LogP contribution in [0.2, 0.25) is 0 Å². The van der Waals surface area contributed by atoms with Gasteiger partial charge in [0.1, 0.15) is 0 Å². The van der Waals surface area contributed by atoms with Gasteiger partial charge in [0.05, 0.1) is 5.56 Å². The van der Waals surface area contributed by atoms with E-state index in [4.69, 9.17) is 10.8 Å². The van der Waals surface area contributed by atoms with E-state index in [1.807, 2.05) is 0 Å². The molecule has 3 nitrogen and oxygen atoms in total. The number of aromatic carboxylic acids is 1. The first-order valence-corrected chi connectivity index (χ1v) is 2.79. The molecular weight excluding hydrogens is 170 g/mol. The Hall–Kier alpha value is -0.250. The molecule has 0 bridgehead atoms. The molecule has 1 aromatic rings. The molecule has 0 atom stereocenters. The van der Waals surface area contributed by atoms with Crippen LogP contribution in [0.3, 0.4) is 0 Å². The Labute approximate surface area is 94.2 Å². The Balaban J connectivity index is 0.000001000. The zero-order valence-electron chi connectivity index (χ0n) is 5.24. The average molecular weight is 179 g/mol. The SMILES string of the molecule is Nc1ccc(C(=O)O)cc1.[CaH2]. The van der Waals surface area contributed by atoms with Crippen molar-refractivity contribution in [1.29, 1.82) is 0 Å². The number of benzene rings is 1. The van der Waals surface area contributed by atoms with Crippen molar-refractivity contribution < 1.29 is 9.90 Å². The Kier molecular flexibility index (Phi) is 4.49. The third kappa shape index (κ3) is 3.10. The van der Waals surface area contributed by atoms with Crippen molar-refractivity contribution in [3.05, 3.63) is 29.8 Å². The van der Waals surface area contributed by atoms with Crippen molar-refractivity contribution in [3.8, 4) is 0 Å². The molecule has 0 aliphatic carbocycles. The van der Waals surface area contributed by atoms with Gasteiger partial charge in [0.25, 0.3) is 0 Å². The molecule has 0 spiro atoms. The first kappa shape index (κ1) is 10.7. The molecule has 56 valence electrons. The fraction of sp³-hybridized carbons (Fsp3) is 0. The van der Waals surface area contributed by atoms with Gasteiger partial charge < -0.3 is 10.8 Å². The molecule has 11 heavy (non-hydrogen) atoms. The van der Waals surface area contributed by atoms with Crippen LogP contribution in [0.1, 0.15) is 10.4 Å². The van der Waals surface area contributed by atoms with Crippen LogP contribution < -0.4 is 5.73 Å². The van der Waals surface area contributed by atoms with E-state index in [1.165, 1.54) is 12.1 Å². The summed E-state index contributed by atoms with van der Waals surface area (Å²) in [5, 5.41) is 8.43. The van der Waals surface area contributed by atoms with E-state index >= 15 is 0 Å². The van der Waals surface area contributed by atoms with Gasteiger partial charge in [-0.3, -0.25) is 0 Å². The maximum atomic E-state index is 10.3. The molecule has 0 saturated carbocycles. The summed E-state index contributed by atoms with van der Waals surface area (Å²) in [5.41, 5.74) is 6.17. The second kappa shape index (κ2) is 4.59. The van der Waals surface area contributed by atoms with Crippen molar-refractivity contribution in [1.82, 2.24) is 0 Å². The normalized spacial score (nSPS) is 8.36. The number of rotatable bonds is 1. The van der Waals surface area contributed by atoms with Crippen molar-refractivity contribution in [2.45, 2.75) is 0 Å². The van der Waals surface area contributed by atoms with Crippen molar-refractivity contribution >= 4 is 49.4 Å². The molecule has 0 heterocycles. The molecule has 0 fully saturated rings. The number of nitrogen functional groups attached to an aromatic ring is 1. The van der Waals surface area contributed by atoms with Crippen LogP contribution in [0.15, 0.2) is 24.3 Å². The number of hydrogen-bond acceptors (Lipinski definition) is 2. The zero-order chi connectivity index (χ0) is 7.56. The van der Waals surface area contributed by atoms with Crippen LogP contribution in [-0.4, -0.2) is 48.8 Å². The number of hydrogen-bond donors (Lipinski definition) is 2. The Morgan fingerprint density at radius 1 is 1.27 bits per heavy atom. The Morgan fingerprint density at radius 2 is 1.73 bits per heavy atom. The van der Waals surface area contributed by atoms with E-state index in [0.29, 0.717) is 5.69 Å². The van der Waals surface area contributed by atoms with Gasteiger partial charge in [-0.05, 0) is 24.3 Å². The molecule has 0 unspecified atom stereocenters. The number of carbonyl (C=O) groups is 1. The minimum absolute atomic E-state index is 0. The summed E-state index contributed by atoms with van der Waals surface area (Å²) in [7, 11) is 0. The topological polar surface area (TPSA) is 63.3 Å². The zero-order valence-corrected chi connectivity index (χ0v) is 5.24. The summed E-state index contributed by atoms with van der Waals surface area (Å²) in [6, 6.07) is 6.06. The van der Waals surface area contributed by atoms with Crippen LogP contribution in [0, 0.1) is 0 Å². The van der Waals surface area contributed by atoms with Gasteiger partial charge in [-0.25, -0.2) is 4.79 Å². The number of carboxylic acid groups (broad SMARTS) is 1. The van der Waals surface area contributed by atoms with Gasteiger partial charge in [0.15, 0.2) is 0 Å². The van der Waals surface area contributed by atoms with Crippen molar-refractivity contribution in [2.24, 2.45) is 0 Å². The molecule has 4 heteroatoms. The third-order valence-corrected chi connectivity index (χ3v) is 1.16. The predicted molar refractivity (Wildman–Crippen MR) is 46.4 cm³/mol. The fourth-order valence-corrected chi connectivity index (χ4v) is 0.626. The van der Waals surface area contributed by atoms with E-state index in [2.05, 4.69) is 0 Å². The maximum absolute atomic E-state index is 10.3. The quantitative estimate of drug-likeness (QED) is 0.473. The number of carboxylic acids is 1.